The number of ether oxygens (including phenoxy) is 2. The molecule has 0 spiro atoms. The van der Waals surface area contributed by atoms with Crippen LogP contribution in [-0.2, 0) is 9.47 Å². The molecule has 10 heavy (non-hydrogen) atoms. The lowest BCUT2D eigenvalue weighted by Crippen LogP contribution is -2.21. The van der Waals surface area contributed by atoms with E-state index in [-0.39, 0.29) is 5.79 Å². The van der Waals surface area contributed by atoms with Crippen LogP contribution in [0.4, 0.5) is 0 Å². The second kappa shape index (κ2) is 3.36. The van der Waals surface area contributed by atoms with Crippen LogP contribution in [0.1, 0.15) is 20.3 Å². The summed E-state index contributed by atoms with van der Waals surface area (Å²) < 4.78 is 12.1. The van der Waals surface area contributed by atoms with Crippen molar-refractivity contribution in [3.63, 3.8) is 0 Å². The molecule has 1 saturated heterocycles. The van der Waals surface area contributed by atoms with Gasteiger partial charge in [-0.1, -0.05) is 22.6 Å². The molecule has 0 amide bonds. The van der Waals surface area contributed by atoms with Crippen LogP contribution in [0, 0.1) is 0 Å². The molecule has 2 nitrogen and oxygen atoms in total. The quantitative estimate of drug-likeness (QED) is 0.555. The smallest absolute Gasteiger partial charge is 0.163 e. The Morgan fingerprint density at radius 1 is 1.60 bits per heavy atom. The standard InChI is InChI=1S/C7H13IO2/c1-7(2)9-5-6(10-7)3-4-8/h6H,3-5H2,1-2H3. The van der Waals surface area contributed by atoms with Gasteiger partial charge in [0.15, 0.2) is 5.79 Å². The molecule has 0 radical (unpaired) electrons. The van der Waals surface area contributed by atoms with Crippen LogP contribution >= 0.6 is 22.6 Å². The first-order valence-electron chi connectivity index (χ1n) is 3.52. The molecule has 1 unspecified atom stereocenters. The summed E-state index contributed by atoms with van der Waals surface area (Å²) in [4.78, 5) is 0. The molecule has 1 aliphatic heterocycles. The monoisotopic (exact) mass is 256 g/mol. The van der Waals surface area contributed by atoms with Crippen LogP contribution in [0.15, 0.2) is 0 Å². The predicted octanol–water partition coefficient (Wildman–Crippen LogP) is 1.96. The van der Waals surface area contributed by atoms with E-state index in [4.69, 9.17) is 9.47 Å². The van der Waals surface area contributed by atoms with Gasteiger partial charge < -0.3 is 9.47 Å². The van der Waals surface area contributed by atoms with Crippen LogP contribution in [-0.4, -0.2) is 22.9 Å². The fraction of sp³-hybridized carbons (Fsp3) is 1.00. The lowest BCUT2D eigenvalue weighted by Gasteiger charge is -2.16. The Balaban J connectivity index is 2.29. The zero-order chi connectivity index (χ0) is 7.61. The van der Waals surface area contributed by atoms with Crippen molar-refractivity contribution < 1.29 is 9.47 Å². The Labute approximate surface area is 75.4 Å². The van der Waals surface area contributed by atoms with Gasteiger partial charge in [0.1, 0.15) is 0 Å². The number of hydrogen-bond acceptors (Lipinski definition) is 2. The van der Waals surface area contributed by atoms with E-state index in [1.54, 1.807) is 0 Å². The number of hydrogen-bond donors (Lipinski definition) is 0. The zero-order valence-corrected chi connectivity index (χ0v) is 8.55. The average Bonchev–Trinajstić information content (AvgIpc) is 2.12. The van der Waals surface area contributed by atoms with Gasteiger partial charge in [-0.05, 0) is 20.3 Å². The summed E-state index contributed by atoms with van der Waals surface area (Å²) in [5, 5.41) is 0. The Kier molecular flexibility index (Phi) is 2.94. The second-order valence-electron chi connectivity index (χ2n) is 2.93. The van der Waals surface area contributed by atoms with E-state index in [2.05, 4.69) is 22.6 Å². The summed E-state index contributed by atoms with van der Waals surface area (Å²) in [7, 11) is 0. The summed E-state index contributed by atoms with van der Waals surface area (Å²) in [5.74, 6) is -0.337. The lowest BCUT2D eigenvalue weighted by atomic mass is 10.3. The summed E-state index contributed by atoms with van der Waals surface area (Å²) in [6.45, 7) is 4.68. The number of halogens is 1. The minimum atomic E-state index is -0.337. The molecule has 0 aromatic carbocycles. The van der Waals surface area contributed by atoms with Crippen LogP contribution in [0.3, 0.4) is 0 Å². The molecule has 1 fully saturated rings. The van der Waals surface area contributed by atoms with Crippen molar-refractivity contribution in [3.8, 4) is 0 Å². The molecule has 1 aliphatic rings. The van der Waals surface area contributed by atoms with E-state index in [0.717, 1.165) is 17.5 Å². The van der Waals surface area contributed by atoms with E-state index in [1.165, 1.54) is 0 Å². The van der Waals surface area contributed by atoms with Gasteiger partial charge in [-0.25, -0.2) is 0 Å². The normalized spacial score (nSPS) is 30.9. The maximum Gasteiger partial charge on any atom is 0.163 e. The first kappa shape index (κ1) is 8.74. The molecule has 0 aromatic heterocycles. The minimum absolute atomic E-state index is 0.326. The molecule has 0 bridgehead atoms. The van der Waals surface area contributed by atoms with Gasteiger partial charge in [0, 0.05) is 4.43 Å². The maximum atomic E-state index is 5.56. The van der Waals surface area contributed by atoms with Crippen LogP contribution < -0.4 is 0 Å². The highest BCUT2D eigenvalue weighted by atomic mass is 127. The molecular formula is C7H13IO2. The summed E-state index contributed by atoms with van der Waals surface area (Å²) >= 11 is 2.35. The van der Waals surface area contributed by atoms with Crippen LogP contribution in [0.25, 0.3) is 0 Å². The Morgan fingerprint density at radius 3 is 2.70 bits per heavy atom. The van der Waals surface area contributed by atoms with Gasteiger partial charge in [0.2, 0.25) is 0 Å². The largest absolute Gasteiger partial charge is 0.348 e. The third-order valence-electron chi connectivity index (χ3n) is 1.50. The first-order chi connectivity index (χ1) is 4.64. The summed E-state index contributed by atoms with van der Waals surface area (Å²) in [6.07, 6.45) is 1.43. The Morgan fingerprint density at radius 2 is 2.30 bits per heavy atom. The van der Waals surface area contributed by atoms with Gasteiger partial charge in [-0.3, -0.25) is 0 Å². The molecule has 1 heterocycles. The van der Waals surface area contributed by atoms with E-state index >= 15 is 0 Å². The predicted molar refractivity (Wildman–Crippen MR) is 48.4 cm³/mol. The Hall–Kier alpha value is 0.650. The van der Waals surface area contributed by atoms with Crippen molar-refractivity contribution in [2.24, 2.45) is 0 Å². The van der Waals surface area contributed by atoms with Crippen molar-refractivity contribution in [1.29, 1.82) is 0 Å². The molecule has 0 aliphatic carbocycles. The molecule has 1 rings (SSSR count). The number of rotatable bonds is 2. The fourth-order valence-corrected chi connectivity index (χ4v) is 1.72. The molecule has 3 heteroatoms. The Bertz CT molecular complexity index is 114. The van der Waals surface area contributed by atoms with Crippen LogP contribution in [0.5, 0.6) is 0 Å². The van der Waals surface area contributed by atoms with Crippen molar-refractivity contribution in [1.82, 2.24) is 0 Å². The van der Waals surface area contributed by atoms with Crippen LogP contribution in [0.2, 0.25) is 0 Å². The van der Waals surface area contributed by atoms with Crippen molar-refractivity contribution in [2.75, 3.05) is 11.0 Å². The van der Waals surface area contributed by atoms with E-state index in [9.17, 15) is 0 Å². The lowest BCUT2D eigenvalue weighted by molar-refractivity contribution is -0.138. The maximum absolute atomic E-state index is 5.56. The van der Waals surface area contributed by atoms with Gasteiger partial charge >= 0.3 is 0 Å². The highest BCUT2D eigenvalue weighted by Crippen LogP contribution is 2.24. The minimum Gasteiger partial charge on any atom is -0.348 e. The van der Waals surface area contributed by atoms with E-state index < -0.39 is 0 Å². The van der Waals surface area contributed by atoms with Crippen molar-refractivity contribution in [2.45, 2.75) is 32.2 Å². The average molecular weight is 256 g/mol. The van der Waals surface area contributed by atoms with Crippen molar-refractivity contribution >= 4 is 22.6 Å². The molecule has 1 atom stereocenters. The van der Waals surface area contributed by atoms with Gasteiger partial charge in [-0.2, -0.15) is 0 Å². The summed E-state index contributed by atoms with van der Waals surface area (Å²) in [5.41, 5.74) is 0. The van der Waals surface area contributed by atoms with Gasteiger partial charge in [-0.15, -0.1) is 0 Å². The number of alkyl halides is 1. The zero-order valence-electron chi connectivity index (χ0n) is 6.39. The fourth-order valence-electron chi connectivity index (χ4n) is 1.03. The molecular weight excluding hydrogens is 243 g/mol. The molecule has 0 saturated carbocycles. The third kappa shape index (κ3) is 2.36. The third-order valence-corrected chi connectivity index (χ3v) is 2.12. The second-order valence-corrected chi connectivity index (χ2v) is 4.01. The van der Waals surface area contributed by atoms with Gasteiger partial charge in [0.05, 0.1) is 12.7 Å². The SMILES string of the molecule is CC1(C)OCC(CCI)O1. The van der Waals surface area contributed by atoms with E-state index in [1.807, 2.05) is 13.8 Å². The topological polar surface area (TPSA) is 18.5 Å². The highest BCUT2D eigenvalue weighted by Gasteiger charge is 2.31. The molecule has 0 N–H and O–H groups in total. The molecule has 0 aromatic rings. The van der Waals surface area contributed by atoms with E-state index in [0.29, 0.717) is 6.10 Å². The first-order valence-corrected chi connectivity index (χ1v) is 5.04. The molecule has 60 valence electrons. The summed E-state index contributed by atoms with van der Waals surface area (Å²) in [6, 6.07) is 0. The van der Waals surface area contributed by atoms with Gasteiger partial charge in [0.25, 0.3) is 0 Å². The van der Waals surface area contributed by atoms with Crippen molar-refractivity contribution in [3.05, 3.63) is 0 Å². The highest BCUT2D eigenvalue weighted by molar-refractivity contribution is 14.1.